The van der Waals surface area contributed by atoms with Crippen LogP contribution in [-0.4, -0.2) is 55.3 Å². The van der Waals surface area contributed by atoms with Crippen LogP contribution >= 0.6 is 0 Å². The van der Waals surface area contributed by atoms with Gasteiger partial charge in [0.2, 0.25) is 0 Å². The second-order valence-corrected chi connectivity index (χ2v) is 8.99. The normalized spacial score (nSPS) is 14.7. The molecule has 0 radical (unpaired) electrons. The zero-order valence-corrected chi connectivity index (χ0v) is 21.9. The molecule has 188 valence electrons. The third kappa shape index (κ3) is 7.10. The number of carbonyl (C=O) groups is 2. The Kier molecular flexibility index (Phi) is 10.2. The number of likely N-dealkylation sites (N-methyl/N-ethyl adjacent to an activating group) is 1. The van der Waals surface area contributed by atoms with Crippen LogP contribution in [0.1, 0.15) is 66.9 Å². The summed E-state index contributed by atoms with van der Waals surface area (Å²) in [5, 5.41) is 3.18. The van der Waals surface area contributed by atoms with Crippen molar-refractivity contribution in [2.24, 2.45) is 0 Å². The van der Waals surface area contributed by atoms with Gasteiger partial charge in [-0.1, -0.05) is 26.0 Å². The molecule has 0 bridgehead atoms. The quantitative estimate of drug-likeness (QED) is 0.474. The number of hydrogen-bond acceptors (Lipinski definition) is 7. The maximum absolute atomic E-state index is 13.1. The fourth-order valence-electron chi connectivity index (χ4n) is 4.01. The highest BCUT2D eigenvalue weighted by atomic mass is 16.5. The van der Waals surface area contributed by atoms with Crippen molar-refractivity contribution in [1.82, 2.24) is 10.2 Å². The fraction of sp³-hybridized carbons (Fsp3) is 0.556. The Morgan fingerprint density at radius 3 is 1.76 bits per heavy atom. The van der Waals surface area contributed by atoms with Crippen LogP contribution in [0.3, 0.4) is 0 Å². The lowest BCUT2D eigenvalue weighted by Crippen LogP contribution is -2.33. The Balaban J connectivity index is 2.40. The molecule has 0 atom stereocenters. The minimum Gasteiger partial charge on any atom is -0.492 e. The first-order valence-corrected chi connectivity index (χ1v) is 12.1. The highest BCUT2D eigenvalue weighted by Crippen LogP contribution is 2.40. The first kappa shape index (κ1) is 27.4. The summed E-state index contributed by atoms with van der Waals surface area (Å²) in [7, 11) is 0. The lowest BCUT2D eigenvalue weighted by molar-refractivity contribution is -0.143. The largest absolute Gasteiger partial charge is 0.492 e. The third-order valence-corrected chi connectivity index (χ3v) is 5.67. The van der Waals surface area contributed by atoms with E-state index in [2.05, 4.69) is 24.1 Å². The number of rotatable bonds is 11. The van der Waals surface area contributed by atoms with E-state index in [-0.39, 0.29) is 12.2 Å². The van der Waals surface area contributed by atoms with Gasteiger partial charge in [-0.25, -0.2) is 9.59 Å². The predicted octanol–water partition coefficient (Wildman–Crippen LogP) is 4.55. The molecule has 0 saturated carbocycles. The molecule has 1 aliphatic rings. The van der Waals surface area contributed by atoms with Crippen LogP contribution in [0.5, 0.6) is 5.75 Å². The topological polar surface area (TPSA) is 77.1 Å². The molecule has 1 aliphatic heterocycles. The molecule has 0 amide bonds. The minimum atomic E-state index is -0.608. The summed E-state index contributed by atoms with van der Waals surface area (Å²) in [5.41, 5.74) is 2.93. The van der Waals surface area contributed by atoms with E-state index in [0.717, 1.165) is 30.9 Å². The van der Waals surface area contributed by atoms with E-state index in [1.807, 2.05) is 38.1 Å². The van der Waals surface area contributed by atoms with Crippen LogP contribution in [0, 0.1) is 0 Å². The van der Waals surface area contributed by atoms with Crippen molar-refractivity contribution in [2.45, 2.75) is 73.5 Å². The Morgan fingerprint density at radius 2 is 1.35 bits per heavy atom. The number of nitrogens with one attached hydrogen (secondary N) is 1. The summed E-state index contributed by atoms with van der Waals surface area (Å²) in [4.78, 5) is 28.5. The molecule has 0 unspecified atom stereocenters. The molecule has 0 aliphatic carbocycles. The second-order valence-electron chi connectivity index (χ2n) is 8.99. The zero-order chi connectivity index (χ0) is 25.4. The van der Waals surface area contributed by atoms with Gasteiger partial charge in [-0.05, 0) is 72.3 Å². The van der Waals surface area contributed by atoms with E-state index < -0.39 is 17.9 Å². The van der Waals surface area contributed by atoms with Gasteiger partial charge in [-0.15, -0.1) is 0 Å². The summed E-state index contributed by atoms with van der Waals surface area (Å²) >= 11 is 0. The van der Waals surface area contributed by atoms with Crippen LogP contribution in [0.25, 0.3) is 0 Å². The van der Waals surface area contributed by atoms with Crippen LogP contribution < -0.4 is 10.1 Å². The Labute approximate surface area is 204 Å². The summed E-state index contributed by atoms with van der Waals surface area (Å²) in [6.07, 6.45) is -0.568. The molecule has 0 aromatic heterocycles. The molecule has 0 saturated heterocycles. The zero-order valence-electron chi connectivity index (χ0n) is 21.9. The summed E-state index contributed by atoms with van der Waals surface area (Å²) in [6.45, 7) is 18.5. The molecule has 1 heterocycles. The van der Waals surface area contributed by atoms with Crippen molar-refractivity contribution >= 4 is 11.9 Å². The molecule has 34 heavy (non-hydrogen) atoms. The van der Waals surface area contributed by atoms with Gasteiger partial charge in [-0.3, -0.25) is 0 Å². The van der Waals surface area contributed by atoms with Crippen LogP contribution in [0.2, 0.25) is 0 Å². The Morgan fingerprint density at radius 1 is 0.882 bits per heavy atom. The third-order valence-electron chi connectivity index (χ3n) is 5.67. The molecule has 2 rings (SSSR count). The number of esters is 2. The van der Waals surface area contributed by atoms with Gasteiger partial charge >= 0.3 is 11.9 Å². The monoisotopic (exact) mass is 472 g/mol. The number of hydrogen-bond donors (Lipinski definition) is 1. The molecule has 1 N–H and O–H groups in total. The summed E-state index contributed by atoms with van der Waals surface area (Å²) < 4.78 is 17.0. The van der Waals surface area contributed by atoms with Crippen molar-refractivity contribution in [1.29, 1.82) is 0 Å². The molecule has 7 heteroatoms. The highest BCUT2D eigenvalue weighted by Gasteiger charge is 2.38. The average Bonchev–Trinajstić information content (AvgIpc) is 2.75. The van der Waals surface area contributed by atoms with Gasteiger partial charge in [0.25, 0.3) is 0 Å². The lowest BCUT2D eigenvalue weighted by Gasteiger charge is -2.31. The standard InChI is InChI=1S/C27H40N2O5/c1-9-29(10-2)15-16-32-22-13-11-21(12-14-22)25-23(26(30)33-17(3)4)19(7)28-20(8)24(25)27(31)34-18(5)6/h11-14,17-18,25,28H,9-10,15-16H2,1-8H3. The van der Waals surface area contributed by atoms with Crippen LogP contribution in [0.4, 0.5) is 0 Å². The van der Waals surface area contributed by atoms with Gasteiger partial charge in [0.15, 0.2) is 0 Å². The Bertz CT molecular complexity index is 867. The highest BCUT2D eigenvalue weighted by molar-refractivity contribution is 6.00. The van der Waals surface area contributed by atoms with Gasteiger partial charge in [-0.2, -0.15) is 0 Å². The minimum absolute atomic E-state index is 0.284. The maximum Gasteiger partial charge on any atom is 0.337 e. The lowest BCUT2D eigenvalue weighted by atomic mass is 9.80. The van der Waals surface area contributed by atoms with Crippen molar-refractivity contribution < 1.29 is 23.8 Å². The van der Waals surface area contributed by atoms with Gasteiger partial charge in [0.1, 0.15) is 12.4 Å². The average molecular weight is 473 g/mol. The number of benzene rings is 1. The van der Waals surface area contributed by atoms with E-state index in [4.69, 9.17) is 14.2 Å². The number of nitrogens with zero attached hydrogens (tertiary/aromatic N) is 1. The SMILES string of the molecule is CCN(CC)CCOc1ccc(C2C(C(=O)OC(C)C)=C(C)NC(C)=C2C(=O)OC(C)C)cc1. The molecule has 0 spiro atoms. The van der Waals surface area contributed by atoms with E-state index in [1.54, 1.807) is 27.7 Å². The van der Waals surface area contributed by atoms with Gasteiger partial charge in [0.05, 0.1) is 29.3 Å². The number of allylic oxidation sites excluding steroid dienone is 2. The van der Waals surface area contributed by atoms with Crippen molar-refractivity contribution in [3.05, 3.63) is 52.4 Å². The molecule has 1 aromatic rings. The van der Waals surface area contributed by atoms with Crippen molar-refractivity contribution in [3.63, 3.8) is 0 Å². The predicted molar refractivity (Wildman–Crippen MR) is 133 cm³/mol. The summed E-state index contributed by atoms with van der Waals surface area (Å²) in [5.74, 6) is -0.772. The van der Waals surface area contributed by atoms with Gasteiger partial charge < -0.3 is 24.4 Å². The van der Waals surface area contributed by atoms with Crippen LogP contribution in [-0.2, 0) is 19.1 Å². The fourth-order valence-corrected chi connectivity index (χ4v) is 4.01. The Hall–Kier alpha value is -2.80. The molecule has 1 aromatic carbocycles. The number of carbonyl (C=O) groups excluding carboxylic acids is 2. The molecule has 7 nitrogen and oxygen atoms in total. The van der Waals surface area contributed by atoms with Gasteiger partial charge in [0, 0.05) is 17.9 Å². The van der Waals surface area contributed by atoms with Crippen molar-refractivity contribution in [3.8, 4) is 5.75 Å². The number of ether oxygens (including phenoxy) is 3. The van der Waals surface area contributed by atoms with E-state index in [0.29, 0.717) is 29.1 Å². The first-order chi connectivity index (χ1) is 16.1. The van der Waals surface area contributed by atoms with Crippen molar-refractivity contribution in [2.75, 3.05) is 26.2 Å². The van der Waals surface area contributed by atoms with E-state index in [9.17, 15) is 9.59 Å². The van der Waals surface area contributed by atoms with E-state index >= 15 is 0 Å². The molecule has 0 fully saturated rings. The smallest absolute Gasteiger partial charge is 0.337 e. The maximum atomic E-state index is 13.1. The number of dihydropyridines is 1. The molecular weight excluding hydrogens is 432 g/mol. The van der Waals surface area contributed by atoms with Crippen LogP contribution in [0.15, 0.2) is 46.8 Å². The first-order valence-electron chi connectivity index (χ1n) is 12.1. The van der Waals surface area contributed by atoms with E-state index in [1.165, 1.54) is 0 Å². The molecular formula is C27H40N2O5. The second kappa shape index (κ2) is 12.6. The summed E-state index contributed by atoms with van der Waals surface area (Å²) in [6, 6.07) is 7.55.